The number of aromatic nitrogens is 1. The van der Waals surface area contributed by atoms with Crippen LogP contribution in [0.25, 0.3) is 11.1 Å². The predicted octanol–water partition coefficient (Wildman–Crippen LogP) is 0.296. The summed E-state index contributed by atoms with van der Waals surface area (Å²) in [4.78, 5) is 36.6. The molecule has 0 fully saturated rings. The number of aromatic carboxylic acids is 2. The minimum Gasteiger partial charge on any atom is -0.478 e. The van der Waals surface area contributed by atoms with E-state index in [1.807, 2.05) is 4.98 Å². The smallest absolute Gasteiger partial charge is 0.342 e. The highest BCUT2D eigenvalue weighted by Gasteiger charge is 2.27. The van der Waals surface area contributed by atoms with Crippen LogP contribution < -0.4 is 11.3 Å². The Bertz CT molecular complexity index is 1160. The molecule has 0 aliphatic carbocycles. The SMILES string of the molecule is CS(=O)(=O)c1ccc(-c2c(C(=O)O)c(N)[nH]c(=O)c2C(=O)O)cc1C#N. The Kier molecular flexibility index (Phi) is 4.55. The van der Waals surface area contributed by atoms with E-state index in [9.17, 15) is 38.3 Å². The molecular formula is C15H11N3O7S. The van der Waals surface area contributed by atoms with Gasteiger partial charge >= 0.3 is 11.9 Å². The van der Waals surface area contributed by atoms with E-state index in [1.165, 1.54) is 0 Å². The minimum absolute atomic E-state index is 0.151. The maximum atomic E-state index is 12.0. The van der Waals surface area contributed by atoms with Crippen LogP contribution in [0.5, 0.6) is 0 Å². The zero-order chi connectivity index (χ0) is 19.8. The average Bonchev–Trinajstić information content (AvgIpc) is 2.51. The molecule has 0 unspecified atom stereocenters. The number of nitrogens with two attached hydrogens (primary N) is 1. The van der Waals surface area contributed by atoms with Crippen LogP contribution in [0.3, 0.4) is 0 Å². The third kappa shape index (κ3) is 3.13. The Hall–Kier alpha value is -3.65. The van der Waals surface area contributed by atoms with Gasteiger partial charge in [-0.1, -0.05) is 6.07 Å². The molecule has 134 valence electrons. The Morgan fingerprint density at radius 2 is 1.77 bits per heavy atom. The number of carbonyl (C=O) groups is 2. The molecule has 0 amide bonds. The molecule has 0 bridgehead atoms. The molecule has 11 heteroatoms. The summed E-state index contributed by atoms with van der Waals surface area (Å²) >= 11 is 0. The van der Waals surface area contributed by atoms with Crippen molar-refractivity contribution in [1.29, 1.82) is 5.26 Å². The van der Waals surface area contributed by atoms with Gasteiger partial charge in [0.1, 0.15) is 23.0 Å². The standard InChI is InChI=1S/C15H11N3O7S/c1-26(24,25)8-3-2-6(4-7(8)5-16)9-10(14(20)21)12(17)18-13(19)11(9)15(22)23/h2-4H,1H3,(H,20,21)(H,22,23)(H3,17,18,19). The highest BCUT2D eigenvalue weighted by molar-refractivity contribution is 7.90. The van der Waals surface area contributed by atoms with Gasteiger partial charge in [0.25, 0.3) is 5.56 Å². The number of nitrogens with one attached hydrogen (secondary N) is 1. The summed E-state index contributed by atoms with van der Waals surface area (Å²) < 4.78 is 23.4. The molecule has 0 aliphatic heterocycles. The number of carboxylic acid groups (broad SMARTS) is 2. The van der Waals surface area contributed by atoms with Gasteiger partial charge < -0.3 is 20.9 Å². The summed E-state index contributed by atoms with van der Waals surface area (Å²) in [5.74, 6) is -3.90. The number of aromatic amines is 1. The molecule has 1 aromatic heterocycles. The molecule has 2 rings (SSSR count). The first-order valence-corrected chi connectivity index (χ1v) is 8.65. The lowest BCUT2D eigenvalue weighted by Crippen LogP contribution is -2.24. The van der Waals surface area contributed by atoms with Crippen molar-refractivity contribution in [3.63, 3.8) is 0 Å². The van der Waals surface area contributed by atoms with E-state index >= 15 is 0 Å². The topological polar surface area (TPSA) is 191 Å². The van der Waals surface area contributed by atoms with E-state index in [-0.39, 0.29) is 16.0 Å². The van der Waals surface area contributed by atoms with Crippen molar-refractivity contribution in [1.82, 2.24) is 4.98 Å². The van der Waals surface area contributed by atoms with Gasteiger partial charge in [-0.2, -0.15) is 5.26 Å². The monoisotopic (exact) mass is 377 g/mol. The fourth-order valence-electron chi connectivity index (χ4n) is 2.43. The number of pyridine rings is 1. The molecule has 0 saturated heterocycles. The summed E-state index contributed by atoms with van der Waals surface area (Å²) in [7, 11) is -3.76. The first-order valence-electron chi connectivity index (χ1n) is 6.76. The van der Waals surface area contributed by atoms with Crippen LogP contribution in [0, 0.1) is 11.3 Å². The second-order valence-electron chi connectivity index (χ2n) is 5.20. The number of H-pyrrole nitrogens is 1. The molecule has 2 aromatic rings. The van der Waals surface area contributed by atoms with Crippen molar-refractivity contribution < 1.29 is 28.2 Å². The van der Waals surface area contributed by atoms with E-state index in [1.54, 1.807) is 6.07 Å². The van der Waals surface area contributed by atoms with Gasteiger partial charge in [0, 0.05) is 11.8 Å². The summed E-state index contributed by atoms with van der Waals surface area (Å²) in [6, 6.07) is 4.76. The quantitative estimate of drug-likeness (QED) is 0.580. The second-order valence-corrected chi connectivity index (χ2v) is 7.18. The molecule has 0 aliphatic rings. The number of rotatable bonds is 4. The summed E-state index contributed by atoms with van der Waals surface area (Å²) in [6.07, 6.45) is 0.874. The van der Waals surface area contributed by atoms with Crippen LogP contribution in [0.4, 0.5) is 5.82 Å². The molecule has 0 radical (unpaired) electrons. The third-order valence-corrected chi connectivity index (χ3v) is 4.62. The van der Waals surface area contributed by atoms with Crippen molar-refractivity contribution in [2.24, 2.45) is 0 Å². The Morgan fingerprint density at radius 3 is 2.23 bits per heavy atom. The zero-order valence-corrected chi connectivity index (χ0v) is 13.9. The average molecular weight is 377 g/mol. The lowest BCUT2D eigenvalue weighted by atomic mass is 9.94. The molecule has 0 saturated carbocycles. The number of nitriles is 1. The molecule has 1 heterocycles. The minimum atomic E-state index is -3.76. The molecule has 10 nitrogen and oxygen atoms in total. The molecule has 26 heavy (non-hydrogen) atoms. The van der Waals surface area contributed by atoms with Crippen LogP contribution >= 0.6 is 0 Å². The van der Waals surface area contributed by atoms with Crippen molar-refractivity contribution in [2.75, 3.05) is 12.0 Å². The molecule has 1 aromatic carbocycles. The van der Waals surface area contributed by atoms with E-state index in [0.717, 1.165) is 24.5 Å². The number of sulfone groups is 1. The number of nitrogens with zero attached hydrogens (tertiary/aromatic N) is 1. The van der Waals surface area contributed by atoms with Crippen molar-refractivity contribution in [3.05, 3.63) is 45.2 Å². The Balaban J connectivity index is 3.02. The zero-order valence-electron chi connectivity index (χ0n) is 13.1. The van der Waals surface area contributed by atoms with Gasteiger partial charge in [-0.3, -0.25) is 4.79 Å². The number of benzene rings is 1. The van der Waals surface area contributed by atoms with Crippen molar-refractivity contribution in [3.8, 4) is 17.2 Å². The molecular weight excluding hydrogens is 366 g/mol. The fourth-order valence-corrected chi connectivity index (χ4v) is 3.25. The molecule has 0 atom stereocenters. The maximum absolute atomic E-state index is 12.0. The first kappa shape index (κ1) is 18.7. The highest BCUT2D eigenvalue weighted by atomic mass is 32.2. The van der Waals surface area contributed by atoms with Gasteiger partial charge in [-0.25, -0.2) is 18.0 Å². The van der Waals surface area contributed by atoms with Gasteiger partial charge in [0.05, 0.1) is 10.5 Å². The first-order chi connectivity index (χ1) is 12.0. The van der Waals surface area contributed by atoms with Gasteiger partial charge in [-0.05, 0) is 17.7 Å². The van der Waals surface area contributed by atoms with Gasteiger partial charge in [0.15, 0.2) is 9.84 Å². The third-order valence-electron chi connectivity index (χ3n) is 3.46. The summed E-state index contributed by atoms with van der Waals surface area (Å²) in [5.41, 5.74) is 1.78. The van der Waals surface area contributed by atoms with Crippen LogP contribution in [0.15, 0.2) is 27.9 Å². The predicted molar refractivity (Wildman–Crippen MR) is 88.7 cm³/mol. The summed E-state index contributed by atoms with van der Waals surface area (Å²) in [5, 5.41) is 27.8. The van der Waals surface area contributed by atoms with E-state index in [0.29, 0.717) is 0 Å². The highest BCUT2D eigenvalue weighted by Crippen LogP contribution is 2.31. The van der Waals surface area contributed by atoms with Crippen LogP contribution in [-0.2, 0) is 9.84 Å². The molecule has 0 spiro atoms. The molecule has 5 N–H and O–H groups in total. The number of hydrogen-bond acceptors (Lipinski definition) is 7. The Labute approximate surface area is 146 Å². The number of nitrogen functional groups attached to an aromatic ring is 1. The largest absolute Gasteiger partial charge is 0.478 e. The van der Waals surface area contributed by atoms with Crippen molar-refractivity contribution in [2.45, 2.75) is 4.90 Å². The number of anilines is 1. The number of carboxylic acids is 2. The van der Waals surface area contributed by atoms with Crippen LogP contribution in [0.2, 0.25) is 0 Å². The summed E-state index contributed by atoms with van der Waals surface area (Å²) in [6.45, 7) is 0. The van der Waals surface area contributed by atoms with Gasteiger partial charge in [0.2, 0.25) is 0 Å². The lowest BCUT2D eigenvalue weighted by molar-refractivity contribution is 0.0695. The van der Waals surface area contributed by atoms with Crippen molar-refractivity contribution >= 4 is 27.6 Å². The van der Waals surface area contributed by atoms with Crippen LogP contribution in [0.1, 0.15) is 26.3 Å². The Morgan fingerprint density at radius 1 is 1.19 bits per heavy atom. The van der Waals surface area contributed by atoms with Crippen LogP contribution in [-0.4, -0.2) is 41.8 Å². The van der Waals surface area contributed by atoms with E-state index < -0.39 is 49.8 Å². The van der Waals surface area contributed by atoms with E-state index in [4.69, 9.17) is 5.73 Å². The second kappa shape index (κ2) is 6.34. The lowest BCUT2D eigenvalue weighted by Gasteiger charge is -2.13. The number of hydrogen-bond donors (Lipinski definition) is 4. The maximum Gasteiger partial charge on any atom is 0.342 e. The van der Waals surface area contributed by atoms with E-state index in [2.05, 4.69) is 0 Å². The van der Waals surface area contributed by atoms with Gasteiger partial charge in [-0.15, -0.1) is 0 Å². The fraction of sp³-hybridized carbons (Fsp3) is 0.0667. The normalized spacial score (nSPS) is 10.9.